The summed E-state index contributed by atoms with van der Waals surface area (Å²) in [6.07, 6.45) is -4.78. The number of nitrogens with one attached hydrogen (secondary N) is 1. The minimum atomic E-state index is -4.78. The summed E-state index contributed by atoms with van der Waals surface area (Å²) in [5, 5.41) is 5.05. The summed E-state index contributed by atoms with van der Waals surface area (Å²) in [6.45, 7) is 6.07. The van der Waals surface area contributed by atoms with Crippen LogP contribution in [0.5, 0.6) is 5.75 Å². The van der Waals surface area contributed by atoms with Crippen LogP contribution in [0, 0.1) is 0 Å². The third-order valence-electron chi connectivity index (χ3n) is 4.83. The molecule has 0 amide bonds. The molecule has 0 atom stereocenters. The predicted molar refractivity (Wildman–Crippen MR) is 121 cm³/mol. The molecule has 0 aliphatic carbocycles. The first-order valence-electron chi connectivity index (χ1n) is 9.52. The van der Waals surface area contributed by atoms with Gasteiger partial charge in [0.15, 0.2) is 5.82 Å². The van der Waals surface area contributed by atoms with Gasteiger partial charge in [0.25, 0.3) is 0 Å². The number of para-hydroxylation sites is 1. The number of rotatable bonds is 3. The monoisotopic (exact) mass is 472 g/mol. The van der Waals surface area contributed by atoms with Gasteiger partial charge in [0.05, 0.1) is 21.7 Å². The van der Waals surface area contributed by atoms with Crippen LogP contribution in [0.15, 0.2) is 42.5 Å². The van der Waals surface area contributed by atoms with Gasteiger partial charge in [-0.1, -0.05) is 56.6 Å². The number of imidazole rings is 1. The van der Waals surface area contributed by atoms with Crippen molar-refractivity contribution < 1.29 is 17.9 Å². The van der Waals surface area contributed by atoms with Crippen LogP contribution in [0.3, 0.4) is 0 Å². The van der Waals surface area contributed by atoms with Crippen LogP contribution < -0.4 is 4.74 Å². The Labute approximate surface area is 210 Å². The number of aryl methyl sites for hydroxylation is 1. The molecule has 10 heteroatoms. The first kappa shape index (κ1) is 24.6. The van der Waals surface area contributed by atoms with Crippen molar-refractivity contribution in [1.82, 2.24) is 19.7 Å². The number of aromatic amines is 1. The second kappa shape index (κ2) is 8.74. The van der Waals surface area contributed by atoms with Crippen LogP contribution in [0.25, 0.3) is 33.7 Å². The van der Waals surface area contributed by atoms with E-state index < -0.39 is 6.36 Å². The van der Waals surface area contributed by atoms with E-state index >= 15 is 0 Å². The molecule has 32 heavy (non-hydrogen) atoms. The molecule has 164 valence electrons. The number of halogens is 4. The molecule has 0 radical (unpaired) electrons. The van der Waals surface area contributed by atoms with Gasteiger partial charge in [-0.05, 0) is 23.8 Å². The summed E-state index contributed by atoms with van der Waals surface area (Å²) < 4.78 is 44.2. The molecule has 0 unspecified atom stereocenters. The van der Waals surface area contributed by atoms with Gasteiger partial charge in [-0.15, -0.1) is 13.2 Å². The number of hydrogen-bond acceptors (Lipinski definition) is 3. The van der Waals surface area contributed by atoms with E-state index in [0.717, 1.165) is 11.2 Å². The Bertz CT molecular complexity index is 1270. The van der Waals surface area contributed by atoms with Crippen molar-refractivity contribution in [1.29, 1.82) is 0 Å². The average molecular weight is 473 g/mol. The van der Waals surface area contributed by atoms with E-state index in [-0.39, 0.29) is 40.7 Å². The van der Waals surface area contributed by atoms with Crippen molar-refractivity contribution in [3.05, 3.63) is 53.2 Å². The fourth-order valence-electron chi connectivity index (χ4n) is 3.44. The first-order valence-corrected chi connectivity index (χ1v) is 9.90. The van der Waals surface area contributed by atoms with Crippen molar-refractivity contribution >= 4 is 52.2 Å². The Morgan fingerprint density at radius 3 is 2.38 bits per heavy atom. The molecule has 1 N–H and O–H groups in total. The number of ether oxygens (including phenoxy) is 1. The zero-order chi connectivity index (χ0) is 22.6. The standard InChI is InChI=1S/C22H20ClF3N4O.Na.H/c1-21(2,3)19-17(23)18(30(4)29-19)20-27-14-10-9-12(11-15(14)28-20)13-7-5-6-8-16(13)31-22(24,25)26;;/h5-11H,1-4H3,(H,27,28);;. The molecule has 4 aromatic rings. The quantitative estimate of drug-likeness (QED) is 0.382. The molecular weight excluding hydrogens is 452 g/mol. The van der Waals surface area contributed by atoms with E-state index in [0.29, 0.717) is 33.2 Å². The van der Waals surface area contributed by atoms with E-state index in [4.69, 9.17) is 11.6 Å². The minimum absolute atomic E-state index is 0. The van der Waals surface area contributed by atoms with E-state index in [2.05, 4.69) is 19.8 Å². The third kappa shape index (κ3) is 4.83. The van der Waals surface area contributed by atoms with Crippen LogP contribution in [0.4, 0.5) is 13.2 Å². The molecule has 4 rings (SSSR count). The fourth-order valence-corrected chi connectivity index (χ4v) is 3.97. The Kier molecular flexibility index (Phi) is 6.73. The average Bonchev–Trinajstić information content (AvgIpc) is 3.19. The number of aromatic nitrogens is 4. The molecule has 0 aliphatic rings. The summed E-state index contributed by atoms with van der Waals surface area (Å²) in [7, 11) is 1.79. The first-order chi connectivity index (χ1) is 14.4. The predicted octanol–water partition coefficient (Wildman–Crippen LogP) is 5.83. The Morgan fingerprint density at radius 2 is 1.75 bits per heavy atom. The summed E-state index contributed by atoms with van der Waals surface area (Å²) in [6, 6.07) is 11.2. The molecule has 0 bridgehead atoms. The number of H-pyrrole nitrogens is 1. The van der Waals surface area contributed by atoms with Crippen molar-refractivity contribution in [3.8, 4) is 28.4 Å². The fraction of sp³-hybridized carbons (Fsp3) is 0.273. The Hall–Kier alpha value is -2.00. The summed E-state index contributed by atoms with van der Waals surface area (Å²) in [5.41, 5.74) is 3.34. The topological polar surface area (TPSA) is 55.7 Å². The van der Waals surface area contributed by atoms with Crippen LogP contribution in [-0.4, -0.2) is 55.7 Å². The Balaban J connectivity index is 0.00000289. The summed E-state index contributed by atoms with van der Waals surface area (Å²) in [4.78, 5) is 7.85. The third-order valence-corrected chi connectivity index (χ3v) is 5.19. The van der Waals surface area contributed by atoms with Crippen LogP contribution in [0.1, 0.15) is 26.5 Å². The Morgan fingerprint density at radius 1 is 1.06 bits per heavy atom. The SMILES string of the molecule is Cn1nc(C(C)(C)C)c(Cl)c1-c1nc2cc(-c3ccccc3OC(F)(F)F)ccc2[nH]1.[NaH]. The normalized spacial score (nSPS) is 12.1. The van der Waals surface area contributed by atoms with E-state index in [1.54, 1.807) is 42.1 Å². The molecule has 0 saturated heterocycles. The van der Waals surface area contributed by atoms with Crippen LogP contribution in [-0.2, 0) is 12.5 Å². The zero-order valence-electron chi connectivity index (χ0n) is 17.3. The van der Waals surface area contributed by atoms with Crippen LogP contribution >= 0.6 is 11.6 Å². The number of alkyl halides is 3. The van der Waals surface area contributed by atoms with E-state index in [1.165, 1.54) is 12.1 Å². The summed E-state index contributed by atoms with van der Waals surface area (Å²) in [5.74, 6) is 0.261. The van der Waals surface area contributed by atoms with Gasteiger partial charge in [-0.3, -0.25) is 4.68 Å². The van der Waals surface area contributed by atoms with Gasteiger partial charge in [-0.2, -0.15) is 5.10 Å². The molecule has 2 heterocycles. The molecule has 0 saturated carbocycles. The zero-order valence-corrected chi connectivity index (χ0v) is 18.1. The molecule has 0 aliphatic heterocycles. The molecule has 5 nitrogen and oxygen atoms in total. The maximum absolute atomic E-state index is 12.8. The van der Waals surface area contributed by atoms with Gasteiger partial charge in [0.2, 0.25) is 0 Å². The number of fused-ring (bicyclic) bond motifs is 1. The van der Waals surface area contributed by atoms with Crippen molar-refractivity contribution in [3.63, 3.8) is 0 Å². The van der Waals surface area contributed by atoms with Crippen molar-refractivity contribution in [2.24, 2.45) is 7.05 Å². The van der Waals surface area contributed by atoms with Crippen molar-refractivity contribution in [2.45, 2.75) is 32.5 Å². The van der Waals surface area contributed by atoms with Gasteiger partial charge in [0, 0.05) is 18.0 Å². The summed E-state index contributed by atoms with van der Waals surface area (Å²) >= 11 is 6.62. The number of hydrogen-bond donors (Lipinski definition) is 1. The van der Waals surface area contributed by atoms with E-state index in [9.17, 15) is 13.2 Å². The van der Waals surface area contributed by atoms with Gasteiger partial charge >= 0.3 is 35.9 Å². The molecule has 0 fully saturated rings. The molecular formula is C22H21ClF3N4NaO. The van der Waals surface area contributed by atoms with Gasteiger partial charge in [-0.25, -0.2) is 4.98 Å². The van der Waals surface area contributed by atoms with Crippen molar-refractivity contribution in [2.75, 3.05) is 0 Å². The second-order valence-corrected chi connectivity index (χ2v) is 8.62. The maximum atomic E-state index is 12.8. The second-order valence-electron chi connectivity index (χ2n) is 8.25. The number of benzene rings is 2. The number of nitrogens with zero attached hydrogens (tertiary/aromatic N) is 3. The molecule has 2 aromatic heterocycles. The molecule has 2 aromatic carbocycles. The van der Waals surface area contributed by atoms with Gasteiger partial charge in [0.1, 0.15) is 11.4 Å². The van der Waals surface area contributed by atoms with Gasteiger partial charge < -0.3 is 9.72 Å². The molecule has 0 spiro atoms. The van der Waals surface area contributed by atoms with E-state index in [1.807, 2.05) is 20.8 Å². The van der Waals surface area contributed by atoms with Crippen LogP contribution in [0.2, 0.25) is 5.02 Å².